The average Bonchev–Trinajstić information content (AvgIpc) is 3.15. The third-order valence-corrected chi connectivity index (χ3v) is 3.50. The fourth-order valence-electron chi connectivity index (χ4n) is 2.21. The lowest BCUT2D eigenvalue weighted by Gasteiger charge is -2.09. The second-order valence-corrected chi connectivity index (χ2v) is 5.53. The number of aromatic nitrogens is 5. The molecule has 0 aliphatic carbocycles. The van der Waals surface area contributed by atoms with Crippen molar-refractivity contribution in [3.8, 4) is 11.4 Å². The monoisotopic (exact) mass is 355 g/mol. The summed E-state index contributed by atoms with van der Waals surface area (Å²) < 4.78 is 11.7. The molecule has 0 saturated carbocycles. The SMILES string of the molecule is CCCn1nc(C(=O)OC(C)c2nc(-c3cccnc3)no2)ccc1=O. The summed E-state index contributed by atoms with van der Waals surface area (Å²) in [7, 11) is 0. The molecule has 0 aliphatic rings. The molecule has 3 rings (SSSR count). The normalized spacial score (nSPS) is 11.9. The maximum Gasteiger partial charge on any atom is 0.359 e. The van der Waals surface area contributed by atoms with E-state index >= 15 is 0 Å². The predicted molar refractivity (Wildman–Crippen MR) is 90.1 cm³/mol. The van der Waals surface area contributed by atoms with E-state index < -0.39 is 12.1 Å². The van der Waals surface area contributed by atoms with Gasteiger partial charge in [0.2, 0.25) is 5.82 Å². The molecule has 3 aromatic rings. The van der Waals surface area contributed by atoms with Crippen molar-refractivity contribution in [1.29, 1.82) is 0 Å². The Balaban J connectivity index is 1.73. The molecule has 9 nitrogen and oxygen atoms in total. The summed E-state index contributed by atoms with van der Waals surface area (Å²) in [6.07, 6.45) is 3.20. The van der Waals surface area contributed by atoms with Gasteiger partial charge in [0.25, 0.3) is 11.4 Å². The fourth-order valence-corrected chi connectivity index (χ4v) is 2.21. The van der Waals surface area contributed by atoms with Crippen LogP contribution in [-0.4, -0.2) is 30.9 Å². The molecule has 0 amide bonds. The van der Waals surface area contributed by atoms with Gasteiger partial charge >= 0.3 is 5.97 Å². The minimum absolute atomic E-state index is 0.0388. The number of nitrogens with zero attached hydrogens (tertiary/aromatic N) is 5. The maximum atomic E-state index is 12.3. The highest BCUT2D eigenvalue weighted by atomic mass is 16.6. The standard InChI is InChI=1S/C17H17N5O4/c1-3-9-22-14(23)7-6-13(20-22)17(24)25-11(2)16-19-15(21-26-16)12-5-4-8-18-10-12/h4-8,10-11H,3,9H2,1-2H3. The van der Waals surface area contributed by atoms with E-state index in [1.165, 1.54) is 16.8 Å². The van der Waals surface area contributed by atoms with Crippen molar-refractivity contribution in [3.63, 3.8) is 0 Å². The van der Waals surface area contributed by atoms with E-state index in [-0.39, 0.29) is 17.1 Å². The largest absolute Gasteiger partial charge is 0.448 e. The summed E-state index contributed by atoms with van der Waals surface area (Å²) in [6.45, 7) is 3.95. The first-order valence-corrected chi connectivity index (χ1v) is 8.11. The van der Waals surface area contributed by atoms with Gasteiger partial charge in [-0.1, -0.05) is 12.1 Å². The number of aryl methyl sites for hydroxylation is 1. The molecule has 134 valence electrons. The number of rotatable bonds is 6. The van der Waals surface area contributed by atoms with E-state index in [4.69, 9.17) is 9.26 Å². The zero-order valence-electron chi connectivity index (χ0n) is 14.3. The van der Waals surface area contributed by atoms with Crippen LogP contribution in [0.3, 0.4) is 0 Å². The van der Waals surface area contributed by atoms with Crippen LogP contribution in [0.25, 0.3) is 11.4 Å². The van der Waals surface area contributed by atoms with Crippen molar-refractivity contribution in [2.75, 3.05) is 0 Å². The van der Waals surface area contributed by atoms with Crippen LogP contribution in [0, 0.1) is 0 Å². The molecule has 0 saturated heterocycles. The zero-order valence-corrected chi connectivity index (χ0v) is 14.3. The quantitative estimate of drug-likeness (QED) is 0.617. The van der Waals surface area contributed by atoms with Crippen LogP contribution >= 0.6 is 0 Å². The first-order valence-electron chi connectivity index (χ1n) is 8.11. The van der Waals surface area contributed by atoms with Crippen molar-refractivity contribution in [3.05, 3.63) is 58.6 Å². The summed E-state index contributed by atoms with van der Waals surface area (Å²) in [4.78, 5) is 32.2. The molecule has 3 heterocycles. The number of ether oxygens (including phenoxy) is 1. The number of hydrogen-bond donors (Lipinski definition) is 0. The number of pyridine rings is 1. The van der Waals surface area contributed by atoms with E-state index in [2.05, 4.69) is 20.2 Å². The van der Waals surface area contributed by atoms with Crippen LogP contribution in [-0.2, 0) is 11.3 Å². The third-order valence-electron chi connectivity index (χ3n) is 3.50. The Morgan fingerprint density at radius 2 is 2.19 bits per heavy atom. The molecule has 0 N–H and O–H groups in total. The lowest BCUT2D eigenvalue weighted by Crippen LogP contribution is -2.25. The number of carbonyl (C=O) groups excluding carboxylic acids is 1. The molecule has 26 heavy (non-hydrogen) atoms. The summed E-state index contributed by atoms with van der Waals surface area (Å²) in [5, 5.41) is 7.88. The summed E-state index contributed by atoms with van der Waals surface area (Å²) in [5.41, 5.74) is 0.459. The Kier molecular flexibility index (Phi) is 5.16. The van der Waals surface area contributed by atoms with E-state index in [9.17, 15) is 9.59 Å². The Labute approximate surface area is 148 Å². The number of hydrogen-bond acceptors (Lipinski definition) is 8. The molecular formula is C17H17N5O4. The molecule has 0 aliphatic heterocycles. The lowest BCUT2D eigenvalue weighted by atomic mass is 10.3. The molecule has 0 bridgehead atoms. The molecule has 9 heteroatoms. The average molecular weight is 355 g/mol. The highest BCUT2D eigenvalue weighted by Gasteiger charge is 2.21. The van der Waals surface area contributed by atoms with Crippen LogP contribution in [0.2, 0.25) is 0 Å². The first-order chi connectivity index (χ1) is 12.6. The molecule has 0 radical (unpaired) electrons. The minimum Gasteiger partial charge on any atom is -0.448 e. The maximum absolute atomic E-state index is 12.3. The molecular weight excluding hydrogens is 338 g/mol. The van der Waals surface area contributed by atoms with Crippen molar-refractivity contribution < 1.29 is 14.1 Å². The van der Waals surface area contributed by atoms with Crippen LogP contribution in [0.4, 0.5) is 0 Å². The number of carbonyl (C=O) groups is 1. The Morgan fingerprint density at radius 3 is 2.92 bits per heavy atom. The van der Waals surface area contributed by atoms with Crippen LogP contribution in [0.1, 0.15) is 42.8 Å². The van der Waals surface area contributed by atoms with Crippen LogP contribution in [0.15, 0.2) is 46.0 Å². The summed E-state index contributed by atoms with van der Waals surface area (Å²) in [6, 6.07) is 6.17. The van der Waals surface area contributed by atoms with Gasteiger partial charge in [-0.3, -0.25) is 9.78 Å². The van der Waals surface area contributed by atoms with Crippen LogP contribution < -0.4 is 5.56 Å². The van der Waals surface area contributed by atoms with Gasteiger partial charge in [0, 0.05) is 30.6 Å². The van der Waals surface area contributed by atoms with E-state index in [1.807, 2.05) is 6.92 Å². The van der Waals surface area contributed by atoms with Gasteiger partial charge in [0.15, 0.2) is 11.8 Å². The van der Waals surface area contributed by atoms with E-state index in [1.54, 1.807) is 31.5 Å². The molecule has 0 spiro atoms. The topological polar surface area (TPSA) is 113 Å². The second-order valence-electron chi connectivity index (χ2n) is 5.53. The summed E-state index contributed by atoms with van der Waals surface area (Å²) in [5.74, 6) is -0.173. The van der Waals surface area contributed by atoms with Crippen molar-refractivity contribution in [1.82, 2.24) is 24.9 Å². The van der Waals surface area contributed by atoms with Crippen molar-refractivity contribution >= 4 is 5.97 Å². The highest BCUT2D eigenvalue weighted by molar-refractivity contribution is 5.87. The Bertz CT molecular complexity index is 951. The second kappa shape index (κ2) is 7.68. The van der Waals surface area contributed by atoms with Crippen molar-refractivity contribution in [2.45, 2.75) is 32.9 Å². The number of esters is 1. The Morgan fingerprint density at radius 1 is 1.35 bits per heavy atom. The van der Waals surface area contributed by atoms with Gasteiger partial charge in [-0.25, -0.2) is 9.48 Å². The predicted octanol–water partition coefficient (Wildman–Crippen LogP) is 2.02. The zero-order chi connectivity index (χ0) is 18.5. The fraction of sp³-hybridized carbons (Fsp3) is 0.294. The van der Waals surface area contributed by atoms with Crippen molar-refractivity contribution in [2.24, 2.45) is 0 Å². The Hall–Kier alpha value is -3.36. The van der Waals surface area contributed by atoms with Gasteiger partial charge in [-0.2, -0.15) is 10.1 Å². The van der Waals surface area contributed by atoms with E-state index in [0.29, 0.717) is 17.9 Å². The van der Waals surface area contributed by atoms with Gasteiger partial charge in [-0.15, -0.1) is 0 Å². The molecule has 1 unspecified atom stereocenters. The van der Waals surface area contributed by atoms with Gasteiger partial charge in [0.1, 0.15) is 0 Å². The molecule has 3 aromatic heterocycles. The van der Waals surface area contributed by atoms with Gasteiger partial charge in [0.05, 0.1) is 0 Å². The smallest absolute Gasteiger partial charge is 0.359 e. The molecule has 1 atom stereocenters. The lowest BCUT2D eigenvalue weighted by molar-refractivity contribution is 0.0255. The molecule has 0 aromatic carbocycles. The molecule has 0 fully saturated rings. The third kappa shape index (κ3) is 3.82. The first kappa shape index (κ1) is 17.5. The van der Waals surface area contributed by atoms with Crippen LogP contribution in [0.5, 0.6) is 0 Å². The van der Waals surface area contributed by atoms with E-state index in [0.717, 1.165) is 6.42 Å². The highest BCUT2D eigenvalue weighted by Crippen LogP contribution is 2.20. The summed E-state index contributed by atoms with van der Waals surface area (Å²) >= 11 is 0. The van der Waals surface area contributed by atoms with Gasteiger partial charge in [-0.05, 0) is 31.5 Å². The minimum atomic E-state index is -0.770. The van der Waals surface area contributed by atoms with Gasteiger partial charge < -0.3 is 9.26 Å².